The lowest BCUT2D eigenvalue weighted by atomic mass is 10.2. The van der Waals surface area contributed by atoms with Crippen LogP contribution in [0.2, 0.25) is 5.02 Å². The maximum Gasteiger partial charge on any atom is 0.707 e. The van der Waals surface area contributed by atoms with E-state index in [1.54, 1.807) is 0 Å². The Hall–Kier alpha value is -0.975. The maximum atomic E-state index is 8.51. The molecule has 1 aromatic heterocycles. The zero-order valence-electron chi connectivity index (χ0n) is 6.77. The van der Waals surface area contributed by atoms with Crippen LogP contribution in [0.25, 0.3) is 0 Å². The van der Waals surface area contributed by atoms with Crippen LogP contribution in [0.5, 0.6) is 11.6 Å². The van der Waals surface area contributed by atoms with Crippen molar-refractivity contribution in [3.63, 3.8) is 0 Å². The van der Waals surface area contributed by atoms with E-state index in [4.69, 9.17) is 26.4 Å². The van der Waals surface area contributed by atoms with Gasteiger partial charge in [-0.05, 0) is 6.07 Å². The molecule has 0 radical (unpaired) electrons. The van der Waals surface area contributed by atoms with Gasteiger partial charge in [0.15, 0.2) is 0 Å². The van der Waals surface area contributed by atoms with E-state index in [9.17, 15) is 0 Å². The summed E-state index contributed by atoms with van der Waals surface area (Å²) in [7, 11) is -0.516. The summed E-state index contributed by atoms with van der Waals surface area (Å²) in [6, 6.07) is 1.39. The van der Waals surface area contributed by atoms with Crippen molar-refractivity contribution >= 4 is 18.9 Å². The first kappa shape index (κ1) is 10.1. The first-order chi connectivity index (χ1) is 6.15. The molecule has 13 heavy (non-hydrogen) atoms. The molecule has 0 spiro atoms. The minimum absolute atomic E-state index is 0.0955. The van der Waals surface area contributed by atoms with Gasteiger partial charge in [0.05, 0.1) is 7.11 Å². The molecule has 0 saturated carbocycles. The molecule has 0 aliphatic carbocycles. The lowest BCUT2D eigenvalue weighted by Gasteiger charge is -2.08. The van der Waals surface area contributed by atoms with Crippen molar-refractivity contribution in [2.45, 2.75) is 0 Å². The molecule has 0 saturated heterocycles. The molecule has 7 heteroatoms. The van der Waals surface area contributed by atoms with Crippen LogP contribution in [0.15, 0.2) is 12.3 Å². The van der Waals surface area contributed by atoms with E-state index in [1.807, 2.05) is 0 Å². The number of ether oxygens (including phenoxy) is 1. The summed E-state index contributed by atoms with van der Waals surface area (Å²) in [5.74, 6) is 0.267. The Morgan fingerprint density at radius 2 is 2.23 bits per heavy atom. The van der Waals surface area contributed by atoms with E-state index >= 15 is 0 Å². The normalized spacial score (nSPS) is 9.54. The van der Waals surface area contributed by atoms with E-state index < -0.39 is 7.32 Å². The van der Waals surface area contributed by atoms with Crippen LogP contribution < -0.4 is 9.39 Å². The summed E-state index contributed by atoms with van der Waals surface area (Å²) in [6.45, 7) is 0. The second-order valence-electron chi connectivity index (χ2n) is 2.08. The molecule has 0 bridgehead atoms. The third-order valence-corrected chi connectivity index (χ3v) is 1.60. The van der Waals surface area contributed by atoms with Crippen molar-refractivity contribution in [1.29, 1.82) is 0 Å². The summed E-state index contributed by atoms with van der Waals surface area (Å²) in [5, 5.41) is 17.1. The van der Waals surface area contributed by atoms with E-state index in [0.29, 0.717) is 0 Å². The van der Waals surface area contributed by atoms with Gasteiger partial charge in [-0.15, -0.1) is 0 Å². The Morgan fingerprint density at radius 1 is 1.54 bits per heavy atom. The maximum absolute atomic E-state index is 8.51. The van der Waals surface area contributed by atoms with Gasteiger partial charge in [-0.25, -0.2) is 4.98 Å². The highest BCUT2D eigenvalue weighted by atomic mass is 35.5. The van der Waals surface area contributed by atoms with Crippen LogP contribution >= 0.6 is 11.6 Å². The van der Waals surface area contributed by atoms with Gasteiger partial charge in [-0.1, -0.05) is 11.6 Å². The molecule has 1 aromatic rings. The monoisotopic (exact) mass is 203 g/mol. The van der Waals surface area contributed by atoms with Crippen LogP contribution in [-0.2, 0) is 0 Å². The van der Waals surface area contributed by atoms with Gasteiger partial charge < -0.3 is 19.4 Å². The number of rotatable bonds is 3. The van der Waals surface area contributed by atoms with E-state index in [-0.39, 0.29) is 16.7 Å². The topological polar surface area (TPSA) is 71.8 Å². The minimum Gasteiger partial charge on any atom is -0.510 e. The molecular formula is C6H7BClNO4. The highest BCUT2D eigenvalue weighted by Gasteiger charge is 2.16. The van der Waals surface area contributed by atoms with Gasteiger partial charge in [-0.3, -0.25) is 0 Å². The molecule has 0 atom stereocenters. The summed E-state index contributed by atoms with van der Waals surface area (Å²) >= 11 is 5.72. The molecule has 1 heterocycles. The average molecular weight is 203 g/mol. The molecule has 2 N–H and O–H groups in total. The van der Waals surface area contributed by atoms with E-state index in [0.717, 1.165) is 0 Å². The average Bonchev–Trinajstić information content (AvgIpc) is 2.08. The zero-order valence-corrected chi connectivity index (χ0v) is 7.52. The molecule has 5 nitrogen and oxygen atoms in total. The number of halogens is 1. The second kappa shape index (κ2) is 4.31. The standard InChI is InChI=1S/C6H7BClNO4/c1-12-6-5(8)4(2-3-9-6)13-7(10)11/h2-3,10-11H,1H3. The smallest absolute Gasteiger partial charge is 0.510 e. The predicted octanol–water partition coefficient (Wildman–Crippen LogP) is 0.0919. The summed E-state index contributed by atoms with van der Waals surface area (Å²) < 4.78 is 9.33. The van der Waals surface area contributed by atoms with Crippen molar-refractivity contribution in [2.75, 3.05) is 7.11 Å². The fraction of sp³-hybridized carbons (Fsp3) is 0.167. The van der Waals surface area contributed by atoms with E-state index in [1.165, 1.54) is 19.4 Å². The molecule has 0 aliphatic rings. The fourth-order valence-electron chi connectivity index (χ4n) is 0.755. The first-order valence-corrected chi connectivity index (χ1v) is 3.74. The van der Waals surface area contributed by atoms with Gasteiger partial charge in [0.25, 0.3) is 0 Å². The SMILES string of the molecule is COc1nccc(OB(O)O)c1Cl. The highest BCUT2D eigenvalue weighted by molar-refractivity contribution is 6.36. The second-order valence-corrected chi connectivity index (χ2v) is 2.45. The molecule has 0 aliphatic heterocycles. The fourth-order valence-corrected chi connectivity index (χ4v) is 0.988. The van der Waals surface area contributed by atoms with Gasteiger partial charge in [0.1, 0.15) is 10.8 Å². The zero-order chi connectivity index (χ0) is 9.84. The van der Waals surface area contributed by atoms with E-state index in [2.05, 4.69) is 9.64 Å². The van der Waals surface area contributed by atoms with Crippen LogP contribution in [0.4, 0.5) is 0 Å². The van der Waals surface area contributed by atoms with Crippen molar-refractivity contribution in [1.82, 2.24) is 4.98 Å². The molecule has 1 rings (SSSR count). The summed E-state index contributed by atoms with van der Waals surface area (Å²) in [4.78, 5) is 3.77. The highest BCUT2D eigenvalue weighted by Crippen LogP contribution is 2.31. The molecule has 0 amide bonds. The number of methoxy groups -OCH3 is 1. The molecule has 0 aromatic carbocycles. The van der Waals surface area contributed by atoms with Crippen LogP contribution in [-0.4, -0.2) is 29.5 Å². The summed E-state index contributed by atoms with van der Waals surface area (Å²) in [6.07, 6.45) is 1.38. The molecule has 0 unspecified atom stereocenters. The van der Waals surface area contributed by atoms with Crippen molar-refractivity contribution < 1.29 is 19.4 Å². The molecular weight excluding hydrogens is 196 g/mol. The van der Waals surface area contributed by atoms with Crippen molar-refractivity contribution in [3.05, 3.63) is 17.3 Å². The third kappa shape index (κ3) is 2.48. The number of pyridine rings is 1. The first-order valence-electron chi connectivity index (χ1n) is 3.36. The Balaban J connectivity index is 2.94. The number of hydrogen-bond acceptors (Lipinski definition) is 5. The minimum atomic E-state index is -1.91. The Labute approximate surface area is 80.1 Å². The number of hydrogen-bond donors (Lipinski definition) is 2. The number of aromatic nitrogens is 1. The number of nitrogens with zero attached hydrogens (tertiary/aromatic N) is 1. The molecule has 70 valence electrons. The Bertz CT molecular complexity index is 296. The van der Waals surface area contributed by atoms with Gasteiger partial charge in [0.2, 0.25) is 5.88 Å². The van der Waals surface area contributed by atoms with Gasteiger partial charge in [-0.2, -0.15) is 0 Å². The van der Waals surface area contributed by atoms with Gasteiger partial charge in [0, 0.05) is 6.20 Å². The molecule has 0 fully saturated rings. The lowest BCUT2D eigenvalue weighted by molar-refractivity contribution is 0.287. The quantitative estimate of drug-likeness (QED) is 0.681. The largest absolute Gasteiger partial charge is 0.707 e. The summed E-state index contributed by atoms with van der Waals surface area (Å²) in [5.41, 5.74) is 0. The van der Waals surface area contributed by atoms with Crippen LogP contribution in [0.3, 0.4) is 0 Å². The predicted molar refractivity (Wildman–Crippen MR) is 46.6 cm³/mol. The van der Waals surface area contributed by atoms with Gasteiger partial charge >= 0.3 is 7.32 Å². The van der Waals surface area contributed by atoms with Crippen molar-refractivity contribution in [3.8, 4) is 11.6 Å². The third-order valence-electron chi connectivity index (χ3n) is 1.25. The Kier molecular flexibility index (Phi) is 3.35. The van der Waals surface area contributed by atoms with Crippen molar-refractivity contribution in [2.24, 2.45) is 0 Å². The lowest BCUT2D eigenvalue weighted by Crippen LogP contribution is -2.20. The Morgan fingerprint density at radius 3 is 2.77 bits per heavy atom. The van der Waals surface area contributed by atoms with Crippen LogP contribution in [0.1, 0.15) is 0 Å². The van der Waals surface area contributed by atoms with Crippen LogP contribution in [0, 0.1) is 0 Å².